The summed E-state index contributed by atoms with van der Waals surface area (Å²) < 4.78 is 93.3. The van der Waals surface area contributed by atoms with Crippen molar-refractivity contribution in [3.05, 3.63) is 78.2 Å². The maximum absolute atomic E-state index is 15.2. The lowest BCUT2D eigenvalue weighted by molar-refractivity contribution is -0.117. The first kappa shape index (κ1) is 26.6. The molecule has 0 spiro atoms. The van der Waals surface area contributed by atoms with E-state index in [0.29, 0.717) is 12.1 Å². The van der Waals surface area contributed by atoms with Gasteiger partial charge in [0.2, 0.25) is 5.91 Å². The average molecular weight is 550 g/mol. The van der Waals surface area contributed by atoms with E-state index in [2.05, 4.69) is 19.4 Å². The molecule has 14 heteroatoms. The second-order valence-electron chi connectivity index (χ2n) is 7.68. The summed E-state index contributed by atoms with van der Waals surface area (Å²) in [7, 11) is -2.87. The van der Waals surface area contributed by atoms with Crippen molar-refractivity contribution in [3.63, 3.8) is 0 Å². The molecule has 4 aromatic rings. The van der Waals surface area contributed by atoms with E-state index in [1.165, 1.54) is 38.5 Å². The number of amides is 1. The van der Waals surface area contributed by atoms with Crippen LogP contribution in [0, 0.1) is 23.3 Å². The van der Waals surface area contributed by atoms with Gasteiger partial charge in [-0.2, -0.15) is 0 Å². The summed E-state index contributed by atoms with van der Waals surface area (Å²) in [5, 5.41) is 3.47. The fraction of sp³-hybridized carbons (Fsp3) is 0.125. The molecule has 0 unspecified atom stereocenters. The maximum Gasteiger partial charge on any atom is 0.264 e. The van der Waals surface area contributed by atoms with Crippen LogP contribution in [0.3, 0.4) is 0 Å². The van der Waals surface area contributed by atoms with Crippen molar-refractivity contribution in [2.45, 2.75) is 18.2 Å². The molecule has 2 aromatic carbocycles. The summed E-state index contributed by atoms with van der Waals surface area (Å²) in [6.45, 7) is 1.54. The van der Waals surface area contributed by atoms with Crippen LogP contribution in [0.1, 0.15) is 13.3 Å². The third-order valence-corrected chi connectivity index (χ3v) is 6.63. The van der Waals surface area contributed by atoms with Gasteiger partial charge in [-0.1, -0.05) is 12.1 Å². The predicted octanol–water partition coefficient (Wildman–Crippen LogP) is 5.18. The molecule has 0 bridgehead atoms. The molecule has 4 rings (SSSR count). The number of nitrogens with one attached hydrogen (secondary N) is 1. The predicted molar refractivity (Wildman–Crippen MR) is 127 cm³/mol. The SMILES string of the molecule is CCC(=O)N(c1ccc(S(=O)(=O)Nc2ccon2)cn1)c1cc(F)c(-c2cc(F)c(F)c(F)c2)cc1OC. The summed E-state index contributed by atoms with van der Waals surface area (Å²) in [6.07, 6.45) is 2.10. The largest absolute Gasteiger partial charge is 0.495 e. The van der Waals surface area contributed by atoms with Crippen LogP contribution in [-0.4, -0.2) is 31.6 Å². The Hall–Kier alpha value is -4.46. The first-order chi connectivity index (χ1) is 18.1. The van der Waals surface area contributed by atoms with E-state index >= 15 is 4.39 Å². The molecule has 0 aliphatic carbocycles. The Kier molecular flexibility index (Phi) is 7.35. The van der Waals surface area contributed by atoms with Crippen LogP contribution in [0.4, 0.5) is 34.9 Å². The van der Waals surface area contributed by atoms with Crippen LogP contribution < -0.4 is 14.4 Å². The monoisotopic (exact) mass is 550 g/mol. The fourth-order valence-electron chi connectivity index (χ4n) is 3.48. The lowest BCUT2D eigenvalue weighted by Crippen LogP contribution is -2.26. The molecule has 2 heterocycles. The summed E-state index contributed by atoms with van der Waals surface area (Å²) in [6, 6.07) is 6.91. The highest BCUT2D eigenvalue weighted by Crippen LogP contribution is 2.39. The molecule has 1 amide bonds. The number of benzene rings is 2. The van der Waals surface area contributed by atoms with Gasteiger partial charge in [-0.05, 0) is 35.9 Å². The van der Waals surface area contributed by atoms with Crippen LogP contribution in [0.5, 0.6) is 5.75 Å². The van der Waals surface area contributed by atoms with E-state index in [4.69, 9.17) is 4.74 Å². The summed E-state index contributed by atoms with van der Waals surface area (Å²) >= 11 is 0. The van der Waals surface area contributed by atoms with Gasteiger partial charge in [0.25, 0.3) is 10.0 Å². The van der Waals surface area contributed by atoms with Gasteiger partial charge < -0.3 is 9.26 Å². The third-order valence-electron chi connectivity index (χ3n) is 5.29. The molecule has 0 atom stereocenters. The second-order valence-corrected chi connectivity index (χ2v) is 9.37. The number of aromatic nitrogens is 2. The minimum atomic E-state index is -4.09. The number of pyridine rings is 1. The van der Waals surface area contributed by atoms with E-state index in [9.17, 15) is 26.4 Å². The molecule has 0 fully saturated rings. The van der Waals surface area contributed by atoms with Crippen molar-refractivity contribution >= 4 is 33.3 Å². The minimum absolute atomic E-state index is 0.0573. The first-order valence-electron chi connectivity index (χ1n) is 10.8. The third kappa shape index (κ3) is 5.16. The second kappa shape index (κ2) is 10.5. The molecule has 0 radical (unpaired) electrons. The fourth-order valence-corrected chi connectivity index (χ4v) is 4.42. The van der Waals surface area contributed by atoms with E-state index in [-0.39, 0.29) is 45.5 Å². The topological polar surface area (TPSA) is 115 Å². The molecule has 9 nitrogen and oxygen atoms in total. The Morgan fingerprint density at radius 2 is 1.76 bits per heavy atom. The quantitative estimate of drug-likeness (QED) is 0.238. The van der Waals surface area contributed by atoms with Gasteiger partial charge in [-0.15, -0.1) is 0 Å². The molecule has 38 heavy (non-hydrogen) atoms. The van der Waals surface area contributed by atoms with Crippen LogP contribution in [0.25, 0.3) is 11.1 Å². The van der Waals surface area contributed by atoms with Crippen molar-refractivity contribution < 1.29 is 40.0 Å². The Morgan fingerprint density at radius 3 is 2.32 bits per heavy atom. The van der Waals surface area contributed by atoms with Crippen molar-refractivity contribution in [1.82, 2.24) is 10.1 Å². The summed E-state index contributed by atoms with van der Waals surface area (Å²) in [4.78, 5) is 17.7. The van der Waals surface area contributed by atoms with Crippen molar-refractivity contribution in [3.8, 4) is 16.9 Å². The molecule has 0 aliphatic heterocycles. The Balaban J connectivity index is 1.76. The Morgan fingerprint density at radius 1 is 1.05 bits per heavy atom. The number of sulfonamides is 1. The van der Waals surface area contributed by atoms with Crippen LogP contribution in [-0.2, 0) is 14.8 Å². The normalized spacial score (nSPS) is 11.3. The molecule has 1 N–H and O–H groups in total. The minimum Gasteiger partial charge on any atom is -0.495 e. The number of nitrogens with zero attached hydrogens (tertiary/aromatic N) is 3. The zero-order valence-corrected chi connectivity index (χ0v) is 20.5. The number of rotatable bonds is 8. The summed E-state index contributed by atoms with van der Waals surface area (Å²) in [5.74, 6) is -6.50. The van der Waals surface area contributed by atoms with Crippen LogP contribution >= 0.6 is 0 Å². The van der Waals surface area contributed by atoms with Crippen LogP contribution in [0.2, 0.25) is 0 Å². The number of ether oxygens (including phenoxy) is 1. The van der Waals surface area contributed by atoms with Gasteiger partial charge in [0.15, 0.2) is 23.3 Å². The maximum atomic E-state index is 15.2. The first-order valence-corrected chi connectivity index (χ1v) is 12.3. The molecule has 0 saturated carbocycles. The van der Waals surface area contributed by atoms with Crippen molar-refractivity contribution in [2.24, 2.45) is 0 Å². The number of carbonyl (C=O) groups excluding carboxylic acids is 1. The smallest absolute Gasteiger partial charge is 0.264 e. The molecule has 0 saturated heterocycles. The molecule has 2 aromatic heterocycles. The molecule has 198 valence electrons. The van der Waals surface area contributed by atoms with Crippen molar-refractivity contribution in [2.75, 3.05) is 16.7 Å². The van der Waals surface area contributed by atoms with Gasteiger partial charge in [0.1, 0.15) is 28.5 Å². The lowest BCUT2D eigenvalue weighted by atomic mass is 10.0. The molecular formula is C24H18F4N4O5S. The van der Waals surface area contributed by atoms with Gasteiger partial charge in [-0.3, -0.25) is 14.4 Å². The van der Waals surface area contributed by atoms with Gasteiger partial charge in [0.05, 0.1) is 12.8 Å². The zero-order valence-electron chi connectivity index (χ0n) is 19.7. The molecule has 0 aliphatic rings. The number of hydrogen-bond acceptors (Lipinski definition) is 7. The number of hydrogen-bond donors (Lipinski definition) is 1. The zero-order chi connectivity index (χ0) is 27.6. The van der Waals surface area contributed by atoms with E-state index in [1.807, 2.05) is 0 Å². The van der Waals surface area contributed by atoms with E-state index < -0.39 is 39.2 Å². The van der Waals surface area contributed by atoms with Crippen molar-refractivity contribution in [1.29, 1.82) is 0 Å². The van der Waals surface area contributed by atoms with Crippen LogP contribution in [0.15, 0.2) is 64.3 Å². The Bertz CT molecular complexity index is 1570. The van der Waals surface area contributed by atoms with E-state index in [1.54, 1.807) is 0 Å². The number of halogens is 4. The lowest BCUT2D eigenvalue weighted by Gasteiger charge is -2.24. The number of anilines is 3. The van der Waals surface area contributed by atoms with Gasteiger partial charge in [-0.25, -0.2) is 31.0 Å². The highest BCUT2D eigenvalue weighted by Gasteiger charge is 2.26. The Labute approximate surface area is 213 Å². The average Bonchev–Trinajstić information content (AvgIpc) is 3.40. The number of methoxy groups -OCH3 is 1. The van der Waals surface area contributed by atoms with E-state index in [0.717, 1.165) is 23.2 Å². The standard InChI is InChI=1S/C24H18F4N4O5S/c1-3-23(33)32(22-5-4-14(12-29-22)38(34,35)31-21-6-7-37-30-21)19-11-16(25)15(10-20(19)36-2)13-8-17(26)24(28)18(27)9-13/h4-12H,3H2,1-2H3,(H,30,31). The number of carbonyl (C=O) groups is 1. The van der Waals surface area contributed by atoms with Gasteiger partial charge >= 0.3 is 0 Å². The highest BCUT2D eigenvalue weighted by molar-refractivity contribution is 7.92. The molecular weight excluding hydrogens is 532 g/mol. The van der Waals surface area contributed by atoms with Gasteiger partial charge in [0, 0.05) is 30.3 Å². The highest BCUT2D eigenvalue weighted by atomic mass is 32.2. The summed E-state index contributed by atoms with van der Waals surface area (Å²) in [5.41, 5.74) is -0.738.